The number of rotatable bonds is 6. The van der Waals surface area contributed by atoms with Crippen LogP contribution in [0.4, 0.5) is 10.1 Å². The van der Waals surface area contributed by atoms with Crippen LogP contribution in [-0.4, -0.2) is 31.5 Å². The first kappa shape index (κ1) is 20.8. The first-order valence-corrected chi connectivity index (χ1v) is 9.68. The van der Waals surface area contributed by atoms with Gasteiger partial charge in [-0.1, -0.05) is 32.0 Å². The lowest BCUT2D eigenvalue weighted by molar-refractivity contribution is -0.118. The van der Waals surface area contributed by atoms with Gasteiger partial charge < -0.3 is 20.7 Å². The molecule has 0 aromatic heterocycles. The van der Waals surface area contributed by atoms with Crippen LogP contribution in [0.3, 0.4) is 0 Å². The largest absolute Gasteiger partial charge is 0.496 e. The van der Waals surface area contributed by atoms with Crippen molar-refractivity contribution in [1.29, 1.82) is 0 Å². The van der Waals surface area contributed by atoms with Crippen molar-refractivity contribution in [2.75, 3.05) is 19.0 Å². The number of methoxy groups -OCH3 is 1. The summed E-state index contributed by atoms with van der Waals surface area (Å²) in [5.74, 6) is -1.07. The van der Waals surface area contributed by atoms with Gasteiger partial charge in [0.1, 0.15) is 17.6 Å². The highest BCUT2D eigenvalue weighted by atomic mass is 19.1. The Balaban J connectivity index is 1.77. The van der Waals surface area contributed by atoms with Crippen LogP contribution in [0.2, 0.25) is 0 Å². The van der Waals surface area contributed by atoms with Crippen LogP contribution in [0.15, 0.2) is 36.4 Å². The zero-order valence-corrected chi connectivity index (χ0v) is 16.8. The lowest BCUT2D eigenvalue weighted by Gasteiger charge is -2.24. The molecule has 2 amide bonds. The summed E-state index contributed by atoms with van der Waals surface area (Å²) >= 11 is 0. The summed E-state index contributed by atoms with van der Waals surface area (Å²) in [6.07, 6.45) is 0.572. The van der Waals surface area contributed by atoms with Crippen molar-refractivity contribution in [2.45, 2.75) is 32.9 Å². The third-order valence-corrected chi connectivity index (χ3v) is 5.05. The van der Waals surface area contributed by atoms with Crippen LogP contribution in [0.1, 0.15) is 35.3 Å². The van der Waals surface area contributed by atoms with Crippen molar-refractivity contribution < 1.29 is 18.7 Å². The number of fused-ring (bicyclic) bond motifs is 1. The van der Waals surface area contributed by atoms with Crippen LogP contribution in [0.5, 0.6) is 5.75 Å². The maximum Gasteiger partial charge on any atom is 0.255 e. The topological polar surface area (TPSA) is 79.5 Å². The first-order chi connectivity index (χ1) is 13.9. The lowest BCUT2D eigenvalue weighted by Crippen LogP contribution is -2.47. The van der Waals surface area contributed by atoms with Crippen molar-refractivity contribution in [1.82, 2.24) is 10.6 Å². The molecule has 1 heterocycles. The highest BCUT2D eigenvalue weighted by Crippen LogP contribution is 2.25. The second-order valence-electron chi connectivity index (χ2n) is 7.38. The molecule has 0 saturated carbocycles. The number of nitrogens with one attached hydrogen (secondary N) is 3. The molecule has 6 nitrogen and oxygen atoms in total. The summed E-state index contributed by atoms with van der Waals surface area (Å²) in [6, 6.07) is 9.34. The first-order valence-electron chi connectivity index (χ1n) is 9.68. The number of ether oxygens (including phenoxy) is 1. The van der Waals surface area contributed by atoms with E-state index in [1.54, 1.807) is 30.3 Å². The number of anilines is 1. The number of hydrogen-bond acceptors (Lipinski definition) is 4. The molecule has 3 rings (SSSR count). The number of hydrogen-bond donors (Lipinski definition) is 3. The Morgan fingerprint density at radius 2 is 1.93 bits per heavy atom. The lowest BCUT2D eigenvalue weighted by atomic mass is 9.98. The number of amides is 2. The number of carbonyl (C=O) groups is 2. The molecule has 2 aromatic carbocycles. The second kappa shape index (κ2) is 9.05. The van der Waals surface area contributed by atoms with E-state index in [2.05, 4.69) is 16.0 Å². The molecule has 0 radical (unpaired) electrons. The van der Waals surface area contributed by atoms with E-state index in [-0.39, 0.29) is 11.6 Å². The summed E-state index contributed by atoms with van der Waals surface area (Å²) in [6.45, 7) is 4.96. The highest BCUT2D eigenvalue weighted by molar-refractivity contribution is 6.02. The number of para-hydroxylation sites is 1. The fourth-order valence-electron chi connectivity index (χ4n) is 3.43. The highest BCUT2D eigenvalue weighted by Gasteiger charge is 2.27. The zero-order chi connectivity index (χ0) is 21.0. The fourth-order valence-corrected chi connectivity index (χ4v) is 3.43. The summed E-state index contributed by atoms with van der Waals surface area (Å²) in [7, 11) is 1.48. The van der Waals surface area contributed by atoms with Crippen LogP contribution in [-0.2, 0) is 17.8 Å². The van der Waals surface area contributed by atoms with Crippen LogP contribution >= 0.6 is 0 Å². The fraction of sp³-hybridized carbons (Fsp3) is 0.364. The van der Waals surface area contributed by atoms with Gasteiger partial charge in [0.25, 0.3) is 5.91 Å². The smallest absolute Gasteiger partial charge is 0.255 e. The molecule has 0 aliphatic carbocycles. The Bertz CT molecular complexity index is 914. The average Bonchev–Trinajstić information content (AvgIpc) is 2.73. The summed E-state index contributed by atoms with van der Waals surface area (Å²) in [4.78, 5) is 25.6. The van der Waals surface area contributed by atoms with E-state index >= 15 is 0 Å². The van der Waals surface area contributed by atoms with Gasteiger partial charge in [0, 0.05) is 6.54 Å². The van der Waals surface area contributed by atoms with E-state index in [0.29, 0.717) is 36.4 Å². The minimum Gasteiger partial charge on any atom is -0.496 e. The molecule has 29 heavy (non-hydrogen) atoms. The van der Waals surface area contributed by atoms with Gasteiger partial charge in [-0.15, -0.1) is 0 Å². The third-order valence-electron chi connectivity index (χ3n) is 5.05. The SMILES string of the molecule is COc1ccccc1C(=O)NC(C(=O)Nc1ccc2c(c1F)CCNC2)C(C)C. The van der Waals surface area contributed by atoms with Crippen LogP contribution < -0.4 is 20.7 Å². The molecule has 154 valence electrons. The van der Waals surface area contributed by atoms with Crippen molar-refractivity contribution in [3.8, 4) is 5.75 Å². The van der Waals surface area contributed by atoms with Gasteiger partial charge in [0.2, 0.25) is 5.91 Å². The number of benzene rings is 2. The summed E-state index contributed by atoms with van der Waals surface area (Å²) in [5, 5.41) is 8.59. The van der Waals surface area contributed by atoms with E-state index in [0.717, 1.165) is 5.56 Å². The maximum atomic E-state index is 14.9. The standard InChI is InChI=1S/C22H26FN3O3/c1-13(2)20(26-21(27)16-6-4-5-7-18(16)29-3)22(28)25-17-9-8-14-12-24-11-10-15(14)19(17)23/h4-9,13,20,24H,10-12H2,1-3H3,(H,25,28)(H,26,27). The van der Waals surface area contributed by atoms with Crippen molar-refractivity contribution in [3.05, 3.63) is 58.9 Å². The van der Waals surface area contributed by atoms with Gasteiger partial charge in [-0.3, -0.25) is 9.59 Å². The van der Waals surface area contributed by atoms with E-state index in [9.17, 15) is 14.0 Å². The Kier molecular flexibility index (Phi) is 6.49. The predicted molar refractivity (Wildman–Crippen MR) is 110 cm³/mol. The Labute approximate surface area is 169 Å². The van der Waals surface area contributed by atoms with Gasteiger partial charge in [-0.2, -0.15) is 0 Å². The molecular weight excluding hydrogens is 373 g/mol. The van der Waals surface area contributed by atoms with Crippen molar-refractivity contribution in [2.24, 2.45) is 5.92 Å². The zero-order valence-electron chi connectivity index (χ0n) is 16.8. The predicted octanol–water partition coefficient (Wildman–Crippen LogP) is 2.87. The monoisotopic (exact) mass is 399 g/mol. The maximum absolute atomic E-state index is 14.9. The number of halogens is 1. The molecule has 2 aromatic rings. The molecule has 1 aliphatic heterocycles. The van der Waals surface area contributed by atoms with Crippen molar-refractivity contribution in [3.63, 3.8) is 0 Å². The number of carbonyl (C=O) groups excluding carboxylic acids is 2. The van der Waals surface area contributed by atoms with Gasteiger partial charge in [-0.25, -0.2) is 4.39 Å². The molecule has 1 unspecified atom stereocenters. The van der Waals surface area contributed by atoms with Gasteiger partial charge in [-0.05, 0) is 48.2 Å². The Hall–Kier alpha value is -2.93. The van der Waals surface area contributed by atoms with E-state index < -0.39 is 23.7 Å². The molecule has 1 atom stereocenters. The minimum absolute atomic E-state index is 0.132. The average molecular weight is 399 g/mol. The van der Waals surface area contributed by atoms with Crippen LogP contribution in [0, 0.1) is 11.7 Å². The quantitative estimate of drug-likeness (QED) is 0.698. The molecular formula is C22H26FN3O3. The van der Waals surface area contributed by atoms with Gasteiger partial charge >= 0.3 is 0 Å². The minimum atomic E-state index is -0.829. The molecule has 0 saturated heterocycles. The molecule has 0 bridgehead atoms. The third kappa shape index (κ3) is 4.56. The van der Waals surface area contributed by atoms with E-state index in [1.165, 1.54) is 7.11 Å². The van der Waals surface area contributed by atoms with Crippen molar-refractivity contribution >= 4 is 17.5 Å². The molecule has 1 aliphatic rings. The Morgan fingerprint density at radius 3 is 2.66 bits per heavy atom. The molecule has 0 spiro atoms. The van der Waals surface area contributed by atoms with E-state index in [4.69, 9.17) is 4.74 Å². The molecule has 3 N–H and O–H groups in total. The van der Waals surface area contributed by atoms with E-state index in [1.807, 2.05) is 19.9 Å². The Morgan fingerprint density at radius 1 is 1.17 bits per heavy atom. The molecule has 0 fully saturated rings. The van der Waals surface area contributed by atoms with Gasteiger partial charge in [0.05, 0.1) is 18.4 Å². The molecule has 7 heteroatoms. The normalized spacial score (nSPS) is 14.1. The van der Waals surface area contributed by atoms with Gasteiger partial charge in [0.15, 0.2) is 0 Å². The summed E-state index contributed by atoms with van der Waals surface area (Å²) in [5.41, 5.74) is 1.99. The summed E-state index contributed by atoms with van der Waals surface area (Å²) < 4.78 is 20.1. The second-order valence-corrected chi connectivity index (χ2v) is 7.38. The van der Waals surface area contributed by atoms with Crippen LogP contribution in [0.25, 0.3) is 0 Å².